The molecule has 1 aliphatic heterocycles. The fourth-order valence-corrected chi connectivity index (χ4v) is 2.43. The van der Waals surface area contributed by atoms with Crippen molar-refractivity contribution < 1.29 is 4.79 Å². The van der Waals surface area contributed by atoms with E-state index in [2.05, 4.69) is 17.4 Å². The van der Waals surface area contributed by atoms with Crippen LogP contribution in [0.3, 0.4) is 0 Å². The number of rotatable bonds is 2. The number of carbonyl (C=O) groups excluding carboxylic acids is 1. The minimum absolute atomic E-state index is 0. The first-order chi connectivity index (χ1) is 7.67. The van der Waals surface area contributed by atoms with E-state index in [4.69, 9.17) is 0 Å². The molecule has 0 bridgehead atoms. The summed E-state index contributed by atoms with van der Waals surface area (Å²) < 4.78 is 0. The van der Waals surface area contributed by atoms with Crippen molar-refractivity contribution in [3.63, 3.8) is 0 Å². The Bertz CT molecular complexity index is 372. The zero-order valence-corrected chi connectivity index (χ0v) is 11.1. The van der Waals surface area contributed by atoms with E-state index in [9.17, 15) is 4.79 Å². The van der Waals surface area contributed by atoms with E-state index >= 15 is 0 Å². The molecule has 4 heteroatoms. The van der Waals surface area contributed by atoms with E-state index in [1.807, 2.05) is 32.3 Å². The van der Waals surface area contributed by atoms with Crippen LogP contribution in [0.1, 0.15) is 12.0 Å². The molecular formula is C13H19ClN2O. The highest BCUT2D eigenvalue weighted by atomic mass is 35.5. The molecule has 1 atom stereocenters. The zero-order chi connectivity index (χ0) is 11.6. The zero-order valence-electron chi connectivity index (χ0n) is 10.3. The molecule has 1 amide bonds. The van der Waals surface area contributed by atoms with Crippen molar-refractivity contribution in [2.24, 2.45) is 0 Å². The SMILES string of the molecule is CN(C)C(=O)C1(c2ccccc2)CCNC1.Cl. The lowest BCUT2D eigenvalue weighted by Crippen LogP contribution is -2.45. The Kier molecular flexibility index (Phi) is 4.54. The number of nitrogens with zero attached hydrogens (tertiary/aromatic N) is 1. The van der Waals surface area contributed by atoms with Gasteiger partial charge in [0.1, 0.15) is 0 Å². The van der Waals surface area contributed by atoms with Crippen molar-refractivity contribution in [2.45, 2.75) is 11.8 Å². The Morgan fingerprint density at radius 1 is 1.29 bits per heavy atom. The van der Waals surface area contributed by atoms with E-state index < -0.39 is 0 Å². The molecule has 1 aromatic carbocycles. The predicted octanol–water partition coefficient (Wildman–Crippen LogP) is 1.43. The number of amides is 1. The van der Waals surface area contributed by atoms with Crippen LogP contribution in [-0.2, 0) is 10.2 Å². The van der Waals surface area contributed by atoms with Gasteiger partial charge in [0.15, 0.2) is 0 Å². The normalized spacial score (nSPS) is 22.9. The fourth-order valence-electron chi connectivity index (χ4n) is 2.43. The molecule has 1 saturated heterocycles. The second-order valence-corrected chi connectivity index (χ2v) is 4.57. The molecular weight excluding hydrogens is 236 g/mol. The summed E-state index contributed by atoms with van der Waals surface area (Å²) in [5.41, 5.74) is 0.767. The number of carbonyl (C=O) groups is 1. The van der Waals surface area contributed by atoms with Gasteiger partial charge >= 0.3 is 0 Å². The molecule has 1 fully saturated rings. The molecule has 1 unspecified atom stereocenters. The van der Waals surface area contributed by atoms with Crippen LogP contribution in [-0.4, -0.2) is 38.0 Å². The van der Waals surface area contributed by atoms with Crippen molar-refractivity contribution in [2.75, 3.05) is 27.2 Å². The van der Waals surface area contributed by atoms with E-state index in [1.165, 1.54) is 0 Å². The quantitative estimate of drug-likeness (QED) is 0.866. The first-order valence-corrected chi connectivity index (χ1v) is 5.65. The van der Waals surface area contributed by atoms with Gasteiger partial charge in [0.2, 0.25) is 5.91 Å². The number of hydrogen-bond acceptors (Lipinski definition) is 2. The molecule has 94 valence electrons. The second kappa shape index (κ2) is 5.52. The first kappa shape index (κ1) is 14.0. The number of benzene rings is 1. The maximum Gasteiger partial charge on any atom is 0.234 e. The minimum Gasteiger partial charge on any atom is -0.348 e. The molecule has 3 nitrogen and oxygen atoms in total. The third-order valence-electron chi connectivity index (χ3n) is 3.30. The summed E-state index contributed by atoms with van der Waals surface area (Å²) in [5.74, 6) is 0.198. The summed E-state index contributed by atoms with van der Waals surface area (Å²) in [7, 11) is 3.65. The fraction of sp³-hybridized carbons (Fsp3) is 0.462. The average molecular weight is 255 g/mol. The number of likely N-dealkylation sites (N-methyl/N-ethyl adjacent to an activating group) is 1. The highest BCUT2D eigenvalue weighted by Crippen LogP contribution is 2.32. The Hall–Kier alpha value is -1.06. The van der Waals surface area contributed by atoms with Gasteiger partial charge in [-0.3, -0.25) is 4.79 Å². The van der Waals surface area contributed by atoms with Crippen LogP contribution in [0.25, 0.3) is 0 Å². The van der Waals surface area contributed by atoms with Gasteiger partial charge in [-0.1, -0.05) is 30.3 Å². The van der Waals surface area contributed by atoms with Crippen LogP contribution in [0, 0.1) is 0 Å². The molecule has 17 heavy (non-hydrogen) atoms. The lowest BCUT2D eigenvalue weighted by molar-refractivity contribution is -0.134. The van der Waals surface area contributed by atoms with Crippen molar-refractivity contribution in [1.29, 1.82) is 0 Å². The number of nitrogens with one attached hydrogen (secondary N) is 1. The van der Waals surface area contributed by atoms with E-state index in [1.54, 1.807) is 4.90 Å². The molecule has 1 aliphatic rings. The van der Waals surface area contributed by atoms with Crippen LogP contribution in [0.2, 0.25) is 0 Å². The van der Waals surface area contributed by atoms with Gasteiger partial charge in [0.25, 0.3) is 0 Å². The molecule has 0 saturated carbocycles. The van der Waals surface area contributed by atoms with Gasteiger partial charge in [-0.05, 0) is 18.5 Å². The number of hydrogen-bond donors (Lipinski definition) is 1. The molecule has 2 rings (SSSR count). The van der Waals surface area contributed by atoms with Crippen LogP contribution in [0.15, 0.2) is 30.3 Å². The van der Waals surface area contributed by atoms with Gasteiger partial charge in [-0.2, -0.15) is 0 Å². The van der Waals surface area contributed by atoms with E-state index in [0.717, 1.165) is 25.1 Å². The molecule has 0 radical (unpaired) electrons. The van der Waals surface area contributed by atoms with Crippen molar-refractivity contribution >= 4 is 18.3 Å². The van der Waals surface area contributed by atoms with Gasteiger partial charge < -0.3 is 10.2 Å². The van der Waals surface area contributed by atoms with Gasteiger partial charge in [-0.15, -0.1) is 12.4 Å². The van der Waals surface area contributed by atoms with Gasteiger partial charge in [0, 0.05) is 20.6 Å². The average Bonchev–Trinajstić information content (AvgIpc) is 2.79. The van der Waals surface area contributed by atoms with Crippen molar-refractivity contribution in [3.8, 4) is 0 Å². The lowest BCUT2D eigenvalue weighted by atomic mass is 9.78. The summed E-state index contributed by atoms with van der Waals surface area (Å²) in [6.07, 6.45) is 0.883. The summed E-state index contributed by atoms with van der Waals surface area (Å²) >= 11 is 0. The molecule has 1 aromatic rings. The Morgan fingerprint density at radius 3 is 2.41 bits per heavy atom. The summed E-state index contributed by atoms with van der Waals surface area (Å²) in [6, 6.07) is 10.1. The lowest BCUT2D eigenvalue weighted by Gasteiger charge is -2.30. The van der Waals surface area contributed by atoms with Crippen molar-refractivity contribution in [1.82, 2.24) is 10.2 Å². The molecule has 0 aromatic heterocycles. The van der Waals surface area contributed by atoms with Crippen LogP contribution >= 0.6 is 12.4 Å². The highest BCUT2D eigenvalue weighted by molar-refractivity contribution is 5.88. The number of halogens is 1. The second-order valence-electron chi connectivity index (χ2n) is 4.57. The van der Waals surface area contributed by atoms with Crippen molar-refractivity contribution in [3.05, 3.63) is 35.9 Å². The van der Waals surface area contributed by atoms with Crippen LogP contribution in [0.5, 0.6) is 0 Å². The topological polar surface area (TPSA) is 32.3 Å². The smallest absolute Gasteiger partial charge is 0.234 e. The summed E-state index contributed by atoms with van der Waals surface area (Å²) in [5, 5.41) is 3.30. The van der Waals surface area contributed by atoms with E-state index in [-0.39, 0.29) is 23.7 Å². The maximum atomic E-state index is 12.4. The monoisotopic (exact) mass is 254 g/mol. The van der Waals surface area contributed by atoms with Crippen LogP contribution in [0.4, 0.5) is 0 Å². The highest BCUT2D eigenvalue weighted by Gasteiger charge is 2.43. The third-order valence-corrected chi connectivity index (χ3v) is 3.30. The standard InChI is InChI=1S/C13H18N2O.ClH/c1-15(2)12(16)13(8-9-14-10-13)11-6-4-3-5-7-11;/h3-7,14H,8-10H2,1-2H3;1H. The van der Waals surface area contributed by atoms with Gasteiger partial charge in [-0.25, -0.2) is 0 Å². The summed E-state index contributed by atoms with van der Waals surface area (Å²) in [6.45, 7) is 1.66. The molecule has 1 N–H and O–H groups in total. The molecule has 0 spiro atoms. The van der Waals surface area contributed by atoms with E-state index in [0.29, 0.717) is 0 Å². The Labute approximate surface area is 109 Å². The first-order valence-electron chi connectivity index (χ1n) is 5.65. The predicted molar refractivity (Wildman–Crippen MR) is 71.5 cm³/mol. The largest absolute Gasteiger partial charge is 0.348 e. The Balaban J connectivity index is 0.00000144. The molecule has 1 heterocycles. The van der Waals surface area contributed by atoms with Crippen LogP contribution < -0.4 is 5.32 Å². The Morgan fingerprint density at radius 2 is 1.94 bits per heavy atom. The van der Waals surface area contributed by atoms with Gasteiger partial charge in [0.05, 0.1) is 5.41 Å². The third kappa shape index (κ3) is 2.45. The summed E-state index contributed by atoms with van der Waals surface area (Å²) in [4.78, 5) is 14.0. The maximum absolute atomic E-state index is 12.4. The minimum atomic E-state index is -0.356. The molecule has 0 aliphatic carbocycles.